The van der Waals surface area contributed by atoms with E-state index in [1.807, 2.05) is 31.3 Å². The molecule has 0 aliphatic carbocycles. The summed E-state index contributed by atoms with van der Waals surface area (Å²) in [5.74, 6) is 1.08. The first-order valence-electron chi connectivity index (χ1n) is 10.1. The van der Waals surface area contributed by atoms with Gasteiger partial charge in [-0.15, -0.1) is 0 Å². The van der Waals surface area contributed by atoms with Crippen molar-refractivity contribution < 1.29 is 5.32 Å². The number of aryl methyl sites for hydroxylation is 1. The Morgan fingerprint density at radius 1 is 0.968 bits per heavy atom. The Kier molecular flexibility index (Phi) is 5.35. The zero-order valence-electron chi connectivity index (χ0n) is 16.9. The number of pyridine rings is 2. The summed E-state index contributed by atoms with van der Waals surface area (Å²) in [6.45, 7) is 6.19. The van der Waals surface area contributed by atoms with E-state index in [1.165, 1.54) is 0 Å². The Morgan fingerprint density at radius 3 is 2.58 bits per heavy atom. The highest BCUT2D eigenvalue weighted by molar-refractivity contribution is 6.33. The van der Waals surface area contributed by atoms with Crippen LogP contribution in [0.4, 0.5) is 17.5 Å². The van der Waals surface area contributed by atoms with Gasteiger partial charge in [0.2, 0.25) is 5.95 Å². The van der Waals surface area contributed by atoms with Gasteiger partial charge < -0.3 is 15.5 Å². The molecule has 5 rings (SSSR count). The Balaban J connectivity index is 1.42. The van der Waals surface area contributed by atoms with Gasteiger partial charge in [0.05, 0.1) is 77.4 Å². The second-order valence-corrected chi connectivity index (χ2v) is 8.21. The number of nitrogens with one attached hydrogen (secondary N) is 1. The zero-order valence-corrected chi connectivity index (χ0v) is 18.4. The quantitative estimate of drug-likeness (QED) is 0.491. The lowest BCUT2D eigenvalue weighted by Crippen LogP contribution is -2.89. The van der Waals surface area contributed by atoms with Crippen molar-refractivity contribution in [3.63, 3.8) is 0 Å². The van der Waals surface area contributed by atoms with Gasteiger partial charge in [-0.1, -0.05) is 23.2 Å². The lowest BCUT2D eigenvalue weighted by atomic mass is 10.2. The summed E-state index contributed by atoms with van der Waals surface area (Å²) in [5.41, 5.74) is 4.24. The minimum absolute atomic E-state index is 0.414. The van der Waals surface area contributed by atoms with Crippen LogP contribution < -0.4 is 15.5 Å². The number of piperazine rings is 1. The molecule has 0 bridgehead atoms. The van der Waals surface area contributed by atoms with E-state index in [1.54, 1.807) is 16.9 Å². The fraction of sp³-hybridized carbons (Fsp3) is 0.238. The molecule has 1 saturated heterocycles. The second-order valence-electron chi connectivity index (χ2n) is 7.39. The van der Waals surface area contributed by atoms with Crippen molar-refractivity contribution >= 4 is 46.2 Å². The lowest BCUT2D eigenvalue weighted by Gasteiger charge is -2.26. The highest BCUT2D eigenvalue weighted by atomic mass is 35.5. The Hall–Kier alpha value is -2.94. The molecule has 8 nitrogen and oxygen atoms in total. The molecule has 1 aliphatic heterocycles. The van der Waals surface area contributed by atoms with E-state index in [0.717, 1.165) is 48.6 Å². The van der Waals surface area contributed by atoms with Crippen LogP contribution in [0.5, 0.6) is 0 Å². The summed E-state index contributed by atoms with van der Waals surface area (Å²) in [7, 11) is 0. The standard InChI is InChI=1S/C21H20Cl2N8/c1-13-16(22)3-4-18-15(11-27-31(13)18)20-17(23)12-26-21(29-20)28-19-5-2-14(10-25-19)30-8-6-24-7-9-30/h2-5,10-12,24H,6-9H2,1H3,(H,25,26,28,29)/p+1. The monoisotopic (exact) mass is 455 g/mol. The van der Waals surface area contributed by atoms with Gasteiger partial charge in [0.15, 0.2) is 0 Å². The van der Waals surface area contributed by atoms with Crippen molar-refractivity contribution in [2.75, 3.05) is 36.4 Å². The van der Waals surface area contributed by atoms with Gasteiger partial charge >= 0.3 is 0 Å². The third-order valence-electron chi connectivity index (χ3n) is 5.42. The first-order valence-corrected chi connectivity index (χ1v) is 10.8. The van der Waals surface area contributed by atoms with E-state index >= 15 is 0 Å². The summed E-state index contributed by atoms with van der Waals surface area (Å²) in [5, 5.41) is 11.0. The van der Waals surface area contributed by atoms with Crippen LogP contribution in [0.25, 0.3) is 16.8 Å². The topological polar surface area (TPSA) is 87.9 Å². The van der Waals surface area contributed by atoms with Crippen molar-refractivity contribution in [1.29, 1.82) is 0 Å². The number of nitrogens with two attached hydrogens (primary N) is 1. The molecule has 5 heterocycles. The van der Waals surface area contributed by atoms with Crippen LogP contribution in [0.3, 0.4) is 0 Å². The molecular weight excluding hydrogens is 435 g/mol. The summed E-state index contributed by atoms with van der Waals surface area (Å²) in [6.07, 6.45) is 5.19. The van der Waals surface area contributed by atoms with Crippen molar-refractivity contribution in [1.82, 2.24) is 24.6 Å². The number of aromatic nitrogens is 5. The van der Waals surface area contributed by atoms with Gasteiger partial charge in [-0.3, -0.25) is 0 Å². The van der Waals surface area contributed by atoms with E-state index in [4.69, 9.17) is 23.2 Å². The maximum Gasteiger partial charge on any atom is 0.228 e. The number of nitrogens with zero attached hydrogens (tertiary/aromatic N) is 6. The van der Waals surface area contributed by atoms with Crippen molar-refractivity contribution in [3.05, 3.63) is 58.6 Å². The molecule has 0 spiro atoms. The molecule has 0 radical (unpaired) electrons. The molecule has 0 aromatic carbocycles. The number of hydrogen-bond donors (Lipinski definition) is 2. The summed E-state index contributed by atoms with van der Waals surface area (Å²) < 4.78 is 1.78. The highest BCUT2D eigenvalue weighted by Crippen LogP contribution is 2.31. The molecule has 3 N–H and O–H groups in total. The normalized spacial score (nSPS) is 14.2. The largest absolute Gasteiger partial charge is 0.359 e. The van der Waals surface area contributed by atoms with Crippen molar-refractivity contribution in [3.8, 4) is 11.3 Å². The van der Waals surface area contributed by atoms with E-state index in [0.29, 0.717) is 27.5 Å². The van der Waals surface area contributed by atoms with Gasteiger partial charge in [0.25, 0.3) is 0 Å². The summed E-state index contributed by atoms with van der Waals surface area (Å²) in [6, 6.07) is 7.75. The van der Waals surface area contributed by atoms with Crippen LogP contribution in [0.15, 0.2) is 42.9 Å². The predicted molar refractivity (Wildman–Crippen MR) is 122 cm³/mol. The number of hydrogen-bond acceptors (Lipinski definition) is 6. The maximum absolute atomic E-state index is 6.43. The SMILES string of the molecule is Cc1c(Cl)ccc2c(-c3nc(Nc4ccc(N5CC[NH2+]CC5)cn4)ncc3Cl)cnn12. The molecule has 4 aromatic heterocycles. The molecule has 1 aliphatic rings. The van der Waals surface area contributed by atoms with E-state index in [-0.39, 0.29) is 0 Å². The average molecular weight is 456 g/mol. The summed E-state index contributed by atoms with van der Waals surface area (Å²) in [4.78, 5) is 15.8. The van der Waals surface area contributed by atoms with Gasteiger partial charge in [-0.25, -0.2) is 19.5 Å². The molecule has 31 heavy (non-hydrogen) atoms. The fourth-order valence-electron chi connectivity index (χ4n) is 3.73. The molecule has 158 valence electrons. The Labute approximate surface area is 189 Å². The van der Waals surface area contributed by atoms with E-state index in [2.05, 4.69) is 41.7 Å². The van der Waals surface area contributed by atoms with Crippen molar-refractivity contribution in [2.24, 2.45) is 0 Å². The van der Waals surface area contributed by atoms with Gasteiger partial charge in [-0.05, 0) is 31.2 Å². The average Bonchev–Trinajstić information content (AvgIpc) is 3.23. The third-order valence-corrected chi connectivity index (χ3v) is 6.09. The molecule has 10 heteroatoms. The predicted octanol–water partition coefficient (Wildman–Crippen LogP) is 2.93. The van der Waals surface area contributed by atoms with Crippen LogP contribution in [-0.2, 0) is 0 Å². The molecule has 1 fully saturated rings. The molecule has 0 saturated carbocycles. The molecule has 0 atom stereocenters. The number of quaternary nitrogens is 1. The third kappa shape index (κ3) is 3.89. The van der Waals surface area contributed by atoms with Gasteiger partial charge in [0, 0.05) is 5.56 Å². The first-order chi connectivity index (χ1) is 15.1. The number of halogens is 2. The first kappa shape index (κ1) is 20.0. The van der Waals surface area contributed by atoms with Gasteiger partial charge in [-0.2, -0.15) is 5.10 Å². The van der Waals surface area contributed by atoms with E-state index in [9.17, 15) is 0 Å². The second kappa shape index (κ2) is 8.30. The molecule has 0 unspecified atom stereocenters. The number of fused-ring (bicyclic) bond motifs is 1. The van der Waals surface area contributed by atoms with Gasteiger partial charge in [0.1, 0.15) is 5.82 Å². The minimum Gasteiger partial charge on any atom is -0.359 e. The summed E-state index contributed by atoms with van der Waals surface area (Å²) >= 11 is 12.6. The van der Waals surface area contributed by atoms with Crippen LogP contribution >= 0.6 is 23.2 Å². The van der Waals surface area contributed by atoms with Crippen LogP contribution in [0.2, 0.25) is 10.0 Å². The minimum atomic E-state index is 0.414. The number of anilines is 3. The molecule has 0 amide bonds. The van der Waals surface area contributed by atoms with Crippen LogP contribution in [0.1, 0.15) is 5.69 Å². The Morgan fingerprint density at radius 2 is 1.81 bits per heavy atom. The van der Waals surface area contributed by atoms with Crippen LogP contribution in [-0.4, -0.2) is 50.7 Å². The van der Waals surface area contributed by atoms with Crippen molar-refractivity contribution in [2.45, 2.75) is 6.92 Å². The maximum atomic E-state index is 6.43. The zero-order chi connectivity index (χ0) is 21.4. The molecular formula is C21H21Cl2N8+. The lowest BCUT2D eigenvalue weighted by molar-refractivity contribution is -0.655. The fourth-order valence-corrected chi connectivity index (χ4v) is 4.06. The smallest absolute Gasteiger partial charge is 0.228 e. The highest BCUT2D eigenvalue weighted by Gasteiger charge is 2.16. The Bertz CT molecular complexity index is 1230. The molecule has 4 aromatic rings. The number of rotatable bonds is 4. The van der Waals surface area contributed by atoms with E-state index < -0.39 is 0 Å². The van der Waals surface area contributed by atoms with Crippen LogP contribution in [0, 0.1) is 6.92 Å².